The van der Waals surface area contributed by atoms with Crippen LogP contribution in [-0.2, 0) is 9.59 Å². The third-order valence-electron chi connectivity index (χ3n) is 6.52. The summed E-state index contributed by atoms with van der Waals surface area (Å²) in [7, 11) is 0. The highest BCUT2D eigenvalue weighted by molar-refractivity contribution is 5.96. The summed E-state index contributed by atoms with van der Waals surface area (Å²) in [5.74, 6) is -2.09. The van der Waals surface area contributed by atoms with Crippen LogP contribution in [0.1, 0.15) is 55.3 Å². The molecule has 0 aromatic heterocycles. The molecule has 150 valence electrons. The zero-order valence-electron chi connectivity index (χ0n) is 15.7. The molecule has 4 rings (SSSR count). The van der Waals surface area contributed by atoms with Gasteiger partial charge in [0, 0.05) is 5.56 Å². The molecule has 1 aromatic carbocycles. The molecule has 2 amide bonds. The van der Waals surface area contributed by atoms with Gasteiger partial charge in [0.1, 0.15) is 5.75 Å². The summed E-state index contributed by atoms with van der Waals surface area (Å²) in [5.41, 5.74) is 5.25. The highest BCUT2D eigenvalue weighted by atomic mass is 16.5. The van der Waals surface area contributed by atoms with Crippen molar-refractivity contribution in [2.45, 2.75) is 51.0 Å². The monoisotopic (exact) mass is 386 g/mol. The molecule has 7 nitrogen and oxygen atoms in total. The number of hydrogen-bond donors (Lipinski definition) is 3. The SMILES string of the molecule is O=C(NNC(=O)[C@@H]1[C@H]2CC[C@@H](C2)[C@@H]1C(=O)O)c1ccc(OC2CCCC2)cc1. The number of hydrazine groups is 1. The van der Waals surface area contributed by atoms with Crippen LogP contribution >= 0.6 is 0 Å². The Kier molecular flexibility index (Phi) is 5.24. The molecular weight excluding hydrogens is 360 g/mol. The summed E-state index contributed by atoms with van der Waals surface area (Å²) < 4.78 is 5.88. The van der Waals surface area contributed by atoms with Gasteiger partial charge in [0.2, 0.25) is 5.91 Å². The Balaban J connectivity index is 1.31. The number of hydrogen-bond acceptors (Lipinski definition) is 4. The molecular formula is C21H26N2O5. The molecule has 3 saturated carbocycles. The molecule has 7 heteroatoms. The maximum absolute atomic E-state index is 12.5. The maximum atomic E-state index is 12.5. The van der Waals surface area contributed by atoms with Crippen LogP contribution in [0.4, 0.5) is 0 Å². The molecule has 3 aliphatic carbocycles. The lowest BCUT2D eigenvalue weighted by Crippen LogP contribution is -2.48. The number of fused-ring (bicyclic) bond motifs is 2. The third kappa shape index (κ3) is 3.70. The van der Waals surface area contributed by atoms with E-state index in [0.29, 0.717) is 5.56 Å². The number of benzene rings is 1. The fraction of sp³-hybridized carbons (Fsp3) is 0.571. The number of carbonyl (C=O) groups is 3. The van der Waals surface area contributed by atoms with Gasteiger partial charge in [0.25, 0.3) is 5.91 Å². The first kappa shape index (κ1) is 18.8. The van der Waals surface area contributed by atoms with Crippen LogP contribution in [0.5, 0.6) is 5.75 Å². The van der Waals surface area contributed by atoms with Crippen molar-refractivity contribution in [3.8, 4) is 5.75 Å². The first-order chi connectivity index (χ1) is 13.5. The van der Waals surface area contributed by atoms with Gasteiger partial charge in [-0.1, -0.05) is 0 Å². The minimum absolute atomic E-state index is 0.0707. The Morgan fingerprint density at radius 3 is 2.18 bits per heavy atom. The normalized spacial score (nSPS) is 28.9. The standard InChI is InChI=1S/C21H26N2O5/c24-19(12-7-9-16(10-8-12)28-15-3-1-2-4-15)22-23-20(25)17-13-5-6-14(11-13)18(17)21(26)27/h7-10,13-15,17-18H,1-6,11H2,(H,22,24)(H,23,25)(H,26,27)/t13-,14-,17+,18-/m0/s1. The number of carboxylic acid groups (broad SMARTS) is 1. The van der Waals surface area contributed by atoms with E-state index in [4.69, 9.17) is 4.74 Å². The number of rotatable bonds is 5. The summed E-state index contributed by atoms with van der Waals surface area (Å²) in [6.45, 7) is 0. The largest absolute Gasteiger partial charge is 0.490 e. The molecule has 3 aliphatic rings. The smallest absolute Gasteiger partial charge is 0.307 e. The van der Waals surface area contributed by atoms with Gasteiger partial charge in [-0.15, -0.1) is 0 Å². The van der Waals surface area contributed by atoms with Crippen molar-refractivity contribution in [2.75, 3.05) is 0 Å². The lowest BCUT2D eigenvalue weighted by atomic mass is 9.79. The minimum atomic E-state index is -0.920. The van der Waals surface area contributed by atoms with Gasteiger partial charge in [0.15, 0.2) is 0 Å². The highest BCUT2D eigenvalue weighted by Gasteiger charge is 2.54. The Hall–Kier alpha value is -2.57. The number of amides is 2. The number of nitrogens with one attached hydrogen (secondary N) is 2. The topological polar surface area (TPSA) is 105 Å². The molecule has 0 radical (unpaired) electrons. The van der Waals surface area contributed by atoms with Crippen LogP contribution in [0, 0.1) is 23.7 Å². The molecule has 0 heterocycles. The molecule has 0 saturated heterocycles. The van der Waals surface area contributed by atoms with Crippen LogP contribution in [0.15, 0.2) is 24.3 Å². The van der Waals surface area contributed by atoms with Gasteiger partial charge in [0.05, 0.1) is 17.9 Å². The van der Waals surface area contributed by atoms with E-state index >= 15 is 0 Å². The van der Waals surface area contributed by atoms with Crippen molar-refractivity contribution >= 4 is 17.8 Å². The predicted octanol–water partition coefficient (Wildman–Crippen LogP) is 2.52. The fourth-order valence-corrected chi connectivity index (χ4v) is 5.18. The van der Waals surface area contributed by atoms with Gasteiger partial charge in [-0.2, -0.15) is 0 Å². The van der Waals surface area contributed by atoms with E-state index in [9.17, 15) is 19.5 Å². The van der Waals surface area contributed by atoms with Crippen LogP contribution in [0.2, 0.25) is 0 Å². The summed E-state index contributed by atoms with van der Waals surface area (Å²) in [6, 6.07) is 6.82. The first-order valence-electron chi connectivity index (χ1n) is 10.1. The predicted molar refractivity (Wildman–Crippen MR) is 100 cm³/mol. The van der Waals surface area contributed by atoms with Gasteiger partial charge in [-0.25, -0.2) is 0 Å². The van der Waals surface area contributed by atoms with Crippen LogP contribution in [-0.4, -0.2) is 29.0 Å². The van der Waals surface area contributed by atoms with E-state index < -0.39 is 29.6 Å². The first-order valence-corrected chi connectivity index (χ1v) is 10.1. The van der Waals surface area contributed by atoms with E-state index in [0.717, 1.165) is 37.9 Å². The van der Waals surface area contributed by atoms with E-state index in [-0.39, 0.29) is 17.9 Å². The summed E-state index contributed by atoms with van der Waals surface area (Å²) in [4.78, 5) is 36.4. The van der Waals surface area contributed by atoms with E-state index in [1.54, 1.807) is 24.3 Å². The third-order valence-corrected chi connectivity index (χ3v) is 6.52. The number of aliphatic carboxylic acids is 1. The van der Waals surface area contributed by atoms with E-state index in [1.165, 1.54) is 12.8 Å². The molecule has 0 aliphatic heterocycles. The number of carbonyl (C=O) groups excluding carboxylic acids is 2. The molecule has 4 atom stereocenters. The van der Waals surface area contributed by atoms with Crippen LogP contribution in [0.25, 0.3) is 0 Å². The van der Waals surface area contributed by atoms with Gasteiger partial charge in [-0.3, -0.25) is 25.2 Å². The molecule has 2 bridgehead atoms. The second-order valence-corrected chi connectivity index (χ2v) is 8.22. The van der Waals surface area contributed by atoms with Crippen molar-refractivity contribution in [3.05, 3.63) is 29.8 Å². The zero-order valence-corrected chi connectivity index (χ0v) is 15.7. The van der Waals surface area contributed by atoms with E-state index in [2.05, 4.69) is 10.9 Å². The van der Waals surface area contributed by atoms with Crippen LogP contribution in [0.3, 0.4) is 0 Å². The molecule has 3 N–H and O–H groups in total. The highest BCUT2D eigenvalue weighted by Crippen LogP contribution is 2.52. The minimum Gasteiger partial charge on any atom is -0.490 e. The molecule has 28 heavy (non-hydrogen) atoms. The summed E-state index contributed by atoms with van der Waals surface area (Å²) in [5, 5.41) is 9.46. The quantitative estimate of drug-likeness (QED) is 0.675. The molecule has 0 unspecified atom stereocenters. The average Bonchev–Trinajstić information content (AvgIpc) is 3.43. The average molecular weight is 386 g/mol. The number of carboxylic acids is 1. The number of ether oxygens (including phenoxy) is 1. The molecule has 3 fully saturated rings. The van der Waals surface area contributed by atoms with Crippen molar-refractivity contribution in [1.29, 1.82) is 0 Å². The molecule has 0 spiro atoms. The fourth-order valence-electron chi connectivity index (χ4n) is 5.18. The van der Waals surface area contributed by atoms with Crippen LogP contribution < -0.4 is 15.6 Å². The lowest BCUT2D eigenvalue weighted by molar-refractivity contribution is -0.149. The van der Waals surface area contributed by atoms with Gasteiger partial charge in [-0.05, 0) is 81.0 Å². The van der Waals surface area contributed by atoms with Crippen molar-refractivity contribution in [1.82, 2.24) is 10.9 Å². The second kappa shape index (κ2) is 7.81. The Morgan fingerprint density at radius 1 is 0.893 bits per heavy atom. The van der Waals surface area contributed by atoms with Gasteiger partial charge >= 0.3 is 5.97 Å². The summed E-state index contributed by atoms with van der Waals surface area (Å²) in [6.07, 6.45) is 7.29. The second-order valence-electron chi connectivity index (χ2n) is 8.22. The van der Waals surface area contributed by atoms with Crippen molar-refractivity contribution < 1.29 is 24.2 Å². The Labute approximate surface area is 163 Å². The zero-order chi connectivity index (χ0) is 19.7. The maximum Gasteiger partial charge on any atom is 0.307 e. The Bertz CT molecular complexity index is 757. The Morgan fingerprint density at radius 2 is 1.54 bits per heavy atom. The summed E-state index contributed by atoms with van der Waals surface area (Å²) >= 11 is 0. The molecule has 1 aromatic rings. The van der Waals surface area contributed by atoms with Crippen molar-refractivity contribution in [3.63, 3.8) is 0 Å². The van der Waals surface area contributed by atoms with Crippen molar-refractivity contribution in [2.24, 2.45) is 23.7 Å². The van der Waals surface area contributed by atoms with E-state index in [1.807, 2.05) is 0 Å². The van der Waals surface area contributed by atoms with Gasteiger partial charge < -0.3 is 9.84 Å². The lowest BCUT2D eigenvalue weighted by Gasteiger charge is -2.27.